The molecule has 29 heavy (non-hydrogen) atoms. The summed E-state index contributed by atoms with van der Waals surface area (Å²) in [4.78, 5) is 33.1. The third-order valence-electron chi connectivity index (χ3n) is 5.19. The summed E-state index contributed by atoms with van der Waals surface area (Å²) in [5.74, 6) is -0.196. The molecular weight excluding hydrogens is 390 g/mol. The lowest BCUT2D eigenvalue weighted by Gasteiger charge is -2.34. The summed E-state index contributed by atoms with van der Waals surface area (Å²) >= 11 is 6.17. The van der Waals surface area contributed by atoms with E-state index in [1.165, 1.54) is 5.56 Å². The molecule has 7 nitrogen and oxygen atoms in total. The van der Waals surface area contributed by atoms with E-state index in [4.69, 9.17) is 11.6 Å². The smallest absolute Gasteiger partial charge is 0.321 e. The third-order valence-corrected chi connectivity index (χ3v) is 5.52. The maximum Gasteiger partial charge on any atom is 0.321 e. The zero-order chi connectivity index (χ0) is 20.2. The van der Waals surface area contributed by atoms with Crippen LogP contribution in [0.3, 0.4) is 0 Å². The molecule has 2 heterocycles. The Morgan fingerprint density at radius 3 is 2.48 bits per heavy atom. The van der Waals surface area contributed by atoms with Crippen LogP contribution in [0.2, 0.25) is 5.02 Å². The van der Waals surface area contributed by atoms with E-state index in [0.29, 0.717) is 29.4 Å². The number of nitrogens with zero attached hydrogens (tertiary/aromatic N) is 3. The molecule has 4 rings (SSSR count). The molecule has 2 fully saturated rings. The van der Waals surface area contributed by atoms with Gasteiger partial charge >= 0.3 is 6.03 Å². The average Bonchev–Trinajstić information content (AvgIpc) is 3.54. The average molecular weight is 414 g/mol. The van der Waals surface area contributed by atoms with Gasteiger partial charge in [-0.1, -0.05) is 11.6 Å². The van der Waals surface area contributed by atoms with Crippen LogP contribution in [-0.2, 0) is 6.54 Å². The molecule has 3 amide bonds. The first-order chi connectivity index (χ1) is 14.1. The van der Waals surface area contributed by atoms with Crippen molar-refractivity contribution in [3.63, 3.8) is 0 Å². The van der Waals surface area contributed by atoms with Crippen molar-refractivity contribution in [1.82, 2.24) is 20.1 Å². The Morgan fingerprint density at radius 1 is 1.07 bits per heavy atom. The summed E-state index contributed by atoms with van der Waals surface area (Å²) in [5, 5.41) is 6.19. The Labute approximate surface area is 175 Å². The minimum atomic E-state index is -0.196. The maximum absolute atomic E-state index is 12.6. The SMILES string of the molecule is O=C(NC1CC1)c1cc(NC(=O)N2CCN(Cc3ccncc3)CC2)ccc1Cl. The predicted octanol–water partition coefficient (Wildman–Crippen LogP) is 2.98. The van der Waals surface area contributed by atoms with Crippen LogP contribution in [0.5, 0.6) is 0 Å². The lowest BCUT2D eigenvalue weighted by molar-refractivity contribution is 0.0951. The molecule has 1 aliphatic heterocycles. The molecular formula is C21H24ClN5O2. The summed E-state index contributed by atoms with van der Waals surface area (Å²) < 4.78 is 0. The van der Waals surface area contributed by atoms with Gasteiger partial charge in [-0.15, -0.1) is 0 Å². The highest BCUT2D eigenvalue weighted by Gasteiger charge is 2.25. The molecule has 1 saturated heterocycles. The molecule has 0 spiro atoms. The van der Waals surface area contributed by atoms with E-state index in [1.807, 2.05) is 12.1 Å². The summed E-state index contributed by atoms with van der Waals surface area (Å²) in [7, 11) is 0. The minimum absolute atomic E-state index is 0.163. The molecule has 1 saturated carbocycles. The molecule has 1 aliphatic carbocycles. The fourth-order valence-electron chi connectivity index (χ4n) is 3.33. The monoisotopic (exact) mass is 413 g/mol. The van der Waals surface area contributed by atoms with Gasteiger partial charge in [-0.25, -0.2) is 4.79 Å². The second kappa shape index (κ2) is 8.80. The van der Waals surface area contributed by atoms with Crippen LogP contribution in [0.15, 0.2) is 42.7 Å². The van der Waals surface area contributed by atoms with Crippen LogP contribution in [0.25, 0.3) is 0 Å². The lowest BCUT2D eigenvalue weighted by Crippen LogP contribution is -2.49. The first kappa shape index (κ1) is 19.7. The number of carbonyl (C=O) groups excluding carboxylic acids is 2. The number of aromatic nitrogens is 1. The fraction of sp³-hybridized carbons (Fsp3) is 0.381. The van der Waals surface area contributed by atoms with E-state index in [0.717, 1.165) is 32.5 Å². The molecule has 0 atom stereocenters. The van der Waals surface area contributed by atoms with E-state index in [2.05, 4.69) is 20.5 Å². The van der Waals surface area contributed by atoms with Crippen molar-refractivity contribution in [1.29, 1.82) is 0 Å². The number of urea groups is 1. The van der Waals surface area contributed by atoms with E-state index in [-0.39, 0.29) is 18.0 Å². The van der Waals surface area contributed by atoms with Crippen LogP contribution in [0.1, 0.15) is 28.8 Å². The Balaban J connectivity index is 1.31. The number of piperazine rings is 1. The number of carbonyl (C=O) groups is 2. The molecule has 8 heteroatoms. The van der Waals surface area contributed by atoms with Crippen LogP contribution >= 0.6 is 11.6 Å². The number of amides is 3. The highest BCUT2D eigenvalue weighted by atomic mass is 35.5. The largest absolute Gasteiger partial charge is 0.349 e. The van der Waals surface area contributed by atoms with Crippen molar-refractivity contribution < 1.29 is 9.59 Å². The van der Waals surface area contributed by atoms with Gasteiger partial charge in [0.25, 0.3) is 5.91 Å². The summed E-state index contributed by atoms with van der Waals surface area (Å²) in [6.45, 7) is 3.78. The van der Waals surface area contributed by atoms with Crippen LogP contribution in [0.4, 0.5) is 10.5 Å². The standard InChI is InChI=1S/C21H24ClN5O2/c22-19-4-3-17(13-18(19)20(28)24-16-1-2-16)25-21(29)27-11-9-26(10-12-27)14-15-5-7-23-8-6-15/h3-8,13,16H,1-2,9-12,14H2,(H,24,28)(H,25,29). The topological polar surface area (TPSA) is 77.6 Å². The maximum atomic E-state index is 12.6. The van der Waals surface area contributed by atoms with Crippen LogP contribution in [0, 0.1) is 0 Å². The predicted molar refractivity (Wildman–Crippen MR) is 112 cm³/mol. The zero-order valence-corrected chi connectivity index (χ0v) is 16.9. The molecule has 1 aromatic carbocycles. The second-order valence-corrected chi connectivity index (χ2v) is 7.90. The Kier molecular flexibility index (Phi) is 5.97. The molecule has 0 radical (unpaired) electrons. The number of halogens is 1. The molecule has 1 aromatic heterocycles. The number of benzene rings is 1. The molecule has 2 aliphatic rings. The number of hydrogen-bond donors (Lipinski definition) is 2. The van der Waals surface area contributed by atoms with E-state index >= 15 is 0 Å². The van der Waals surface area contributed by atoms with Gasteiger partial charge in [0, 0.05) is 56.8 Å². The highest BCUT2D eigenvalue weighted by molar-refractivity contribution is 6.34. The third kappa shape index (κ3) is 5.25. The highest BCUT2D eigenvalue weighted by Crippen LogP contribution is 2.24. The van der Waals surface area contributed by atoms with E-state index < -0.39 is 0 Å². The molecule has 0 bridgehead atoms. The van der Waals surface area contributed by atoms with Crippen molar-refractivity contribution >= 4 is 29.2 Å². The summed E-state index contributed by atoms with van der Waals surface area (Å²) in [6.07, 6.45) is 5.61. The van der Waals surface area contributed by atoms with Gasteiger partial charge in [-0.3, -0.25) is 14.7 Å². The van der Waals surface area contributed by atoms with Crippen molar-refractivity contribution in [3.8, 4) is 0 Å². The summed E-state index contributed by atoms with van der Waals surface area (Å²) in [6, 6.07) is 9.11. The van der Waals surface area contributed by atoms with Crippen LogP contribution in [-0.4, -0.2) is 58.9 Å². The number of pyridine rings is 1. The van der Waals surface area contributed by atoms with E-state index in [9.17, 15) is 9.59 Å². The normalized spacial score (nSPS) is 17.1. The second-order valence-electron chi connectivity index (χ2n) is 7.49. The Morgan fingerprint density at radius 2 is 1.79 bits per heavy atom. The van der Waals surface area contributed by atoms with Crippen molar-refractivity contribution in [2.45, 2.75) is 25.4 Å². The minimum Gasteiger partial charge on any atom is -0.349 e. The summed E-state index contributed by atoms with van der Waals surface area (Å²) in [5.41, 5.74) is 2.18. The first-order valence-corrected chi connectivity index (χ1v) is 10.2. The van der Waals surface area contributed by atoms with Gasteiger partial charge in [0.15, 0.2) is 0 Å². The molecule has 2 aromatic rings. The Hall–Kier alpha value is -2.64. The number of rotatable bonds is 5. The van der Waals surface area contributed by atoms with Crippen molar-refractivity contribution in [2.24, 2.45) is 0 Å². The number of anilines is 1. The van der Waals surface area contributed by atoms with Gasteiger partial charge in [0.2, 0.25) is 0 Å². The quantitative estimate of drug-likeness (QED) is 0.790. The zero-order valence-electron chi connectivity index (χ0n) is 16.1. The van der Waals surface area contributed by atoms with Gasteiger partial charge < -0.3 is 15.5 Å². The first-order valence-electron chi connectivity index (χ1n) is 9.86. The fourth-order valence-corrected chi connectivity index (χ4v) is 3.53. The molecule has 2 N–H and O–H groups in total. The van der Waals surface area contributed by atoms with Crippen LogP contribution < -0.4 is 10.6 Å². The number of nitrogens with one attached hydrogen (secondary N) is 2. The van der Waals surface area contributed by atoms with Gasteiger partial charge in [-0.2, -0.15) is 0 Å². The van der Waals surface area contributed by atoms with E-state index in [1.54, 1.807) is 35.5 Å². The van der Waals surface area contributed by atoms with Crippen molar-refractivity contribution in [2.75, 3.05) is 31.5 Å². The molecule has 0 unspecified atom stereocenters. The lowest BCUT2D eigenvalue weighted by atomic mass is 10.2. The van der Waals surface area contributed by atoms with Gasteiger partial charge in [0.1, 0.15) is 0 Å². The molecule has 152 valence electrons. The van der Waals surface area contributed by atoms with Gasteiger partial charge in [-0.05, 0) is 48.7 Å². The van der Waals surface area contributed by atoms with Gasteiger partial charge in [0.05, 0.1) is 10.6 Å². The van der Waals surface area contributed by atoms with Crippen molar-refractivity contribution in [3.05, 3.63) is 58.9 Å². The Bertz CT molecular complexity index is 880. The number of hydrogen-bond acceptors (Lipinski definition) is 4.